The molecular weight excluding hydrogens is 220 g/mol. The molecule has 1 fully saturated rings. The van der Waals surface area contributed by atoms with Gasteiger partial charge in [0.05, 0.1) is 6.04 Å². The van der Waals surface area contributed by atoms with Crippen molar-refractivity contribution in [1.82, 2.24) is 10.6 Å². The summed E-state index contributed by atoms with van der Waals surface area (Å²) in [5.41, 5.74) is 0. The van der Waals surface area contributed by atoms with Crippen molar-refractivity contribution in [2.45, 2.75) is 64.0 Å². The van der Waals surface area contributed by atoms with Crippen LogP contribution in [0.25, 0.3) is 0 Å². The molecule has 0 aromatic carbocycles. The Morgan fingerprint density at radius 3 is 2.41 bits per heavy atom. The Morgan fingerprint density at radius 1 is 1.18 bits per heavy atom. The van der Waals surface area contributed by atoms with Crippen LogP contribution in [-0.4, -0.2) is 29.2 Å². The van der Waals surface area contributed by atoms with Crippen LogP contribution in [0.5, 0.6) is 0 Å². The van der Waals surface area contributed by atoms with Gasteiger partial charge in [0, 0.05) is 12.5 Å². The number of amides is 2. The third-order valence-corrected chi connectivity index (χ3v) is 3.18. The molecule has 5 heteroatoms. The number of carboxylic acids is 1. The van der Waals surface area contributed by atoms with Gasteiger partial charge in [0.2, 0.25) is 0 Å². The van der Waals surface area contributed by atoms with Gasteiger partial charge in [0.1, 0.15) is 0 Å². The molecule has 0 aromatic heterocycles. The number of rotatable bonds is 8. The molecule has 2 amide bonds. The zero-order valence-corrected chi connectivity index (χ0v) is 10.4. The van der Waals surface area contributed by atoms with E-state index in [0.717, 1.165) is 38.5 Å². The van der Waals surface area contributed by atoms with E-state index < -0.39 is 5.97 Å². The van der Waals surface area contributed by atoms with E-state index in [9.17, 15) is 9.59 Å². The van der Waals surface area contributed by atoms with Gasteiger partial charge in [-0.25, -0.2) is 4.79 Å². The molecule has 1 saturated heterocycles. The number of hydrogen-bond acceptors (Lipinski definition) is 2. The van der Waals surface area contributed by atoms with Crippen LogP contribution in [0.15, 0.2) is 0 Å². The summed E-state index contributed by atoms with van der Waals surface area (Å²) >= 11 is 0. The van der Waals surface area contributed by atoms with Gasteiger partial charge in [0.25, 0.3) is 0 Å². The van der Waals surface area contributed by atoms with E-state index >= 15 is 0 Å². The van der Waals surface area contributed by atoms with Crippen LogP contribution in [0.4, 0.5) is 4.79 Å². The average Bonchev–Trinajstić information content (AvgIpc) is 2.55. The summed E-state index contributed by atoms with van der Waals surface area (Å²) in [7, 11) is 0. The van der Waals surface area contributed by atoms with E-state index in [1.54, 1.807) is 0 Å². The molecule has 0 aliphatic carbocycles. The number of hydrogen-bond donors (Lipinski definition) is 3. The number of urea groups is 1. The molecule has 5 nitrogen and oxygen atoms in total. The second-order valence-corrected chi connectivity index (χ2v) is 4.71. The Kier molecular flexibility index (Phi) is 5.80. The van der Waals surface area contributed by atoms with Crippen LogP contribution < -0.4 is 10.6 Å². The smallest absolute Gasteiger partial charge is 0.315 e. The van der Waals surface area contributed by atoms with Crippen molar-refractivity contribution >= 4 is 12.0 Å². The van der Waals surface area contributed by atoms with Gasteiger partial charge in [-0.15, -0.1) is 0 Å². The molecule has 1 heterocycles. The Balaban J connectivity index is 1.94. The molecule has 1 rings (SSSR count). The van der Waals surface area contributed by atoms with Gasteiger partial charge in [0.15, 0.2) is 0 Å². The van der Waals surface area contributed by atoms with Crippen molar-refractivity contribution in [1.29, 1.82) is 0 Å². The van der Waals surface area contributed by atoms with E-state index in [4.69, 9.17) is 5.11 Å². The Labute approximate surface area is 102 Å². The maximum Gasteiger partial charge on any atom is 0.315 e. The quantitative estimate of drug-likeness (QED) is 0.568. The monoisotopic (exact) mass is 242 g/mol. The predicted octanol–water partition coefficient (Wildman–Crippen LogP) is 1.87. The second-order valence-electron chi connectivity index (χ2n) is 4.71. The number of unbranched alkanes of at least 4 members (excludes halogenated alkanes) is 4. The van der Waals surface area contributed by atoms with E-state index in [2.05, 4.69) is 10.6 Å². The highest BCUT2D eigenvalue weighted by Crippen LogP contribution is 2.12. The summed E-state index contributed by atoms with van der Waals surface area (Å²) in [6.07, 6.45) is 6.31. The van der Waals surface area contributed by atoms with Crippen molar-refractivity contribution in [3.63, 3.8) is 0 Å². The Bertz CT molecular complexity index is 268. The van der Waals surface area contributed by atoms with E-state index in [-0.39, 0.29) is 24.5 Å². The van der Waals surface area contributed by atoms with Crippen LogP contribution in [0.3, 0.4) is 0 Å². The van der Waals surface area contributed by atoms with Gasteiger partial charge < -0.3 is 15.7 Å². The second kappa shape index (κ2) is 7.14. The first-order valence-electron chi connectivity index (χ1n) is 6.38. The van der Waals surface area contributed by atoms with Gasteiger partial charge in [-0.1, -0.05) is 25.7 Å². The predicted molar refractivity (Wildman–Crippen MR) is 64.9 cm³/mol. The standard InChI is InChI=1S/C12H22N2O3/c1-9-10(14-12(17)13-9)7-5-3-2-4-6-8-11(15)16/h9-10H,2-8H2,1H3,(H,15,16)(H2,13,14,17). The lowest BCUT2D eigenvalue weighted by Gasteiger charge is -2.13. The number of nitrogens with one attached hydrogen (secondary N) is 2. The Hall–Kier alpha value is -1.26. The molecule has 3 N–H and O–H groups in total. The van der Waals surface area contributed by atoms with Gasteiger partial charge >= 0.3 is 12.0 Å². The van der Waals surface area contributed by atoms with Crippen LogP contribution in [-0.2, 0) is 4.79 Å². The van der Waals surface area contributed by atoms with Crippen molar-refractivity contribution in [2.24, 2.45) is 0 Å². The van der Waals surface area contributed by atoms with Crippen LogP contribution in [0, 0.1) is 0 Å². The first-order chi connectivity index (χ1) is 8.09. The zero-order chi connectivity index (χ0) is 12.7. The molecule has 0 aromatic rings. The third-order valence-electron chi connectivity index (χ3n) is 3.18. The fourth-order valence-corrected chi connectivity index (χ4v) is 2.14. The highest BCUT2D eigenvalue weighted by molar-refractivity contribution is 5.77. The SMILES string of the molecule is CC1NC(=O)NC1CCCCCCCC(=O)O. The van der Waals surface area contributed by atoms with Crippen molar-refractivity contribution < 1.29 is 14.7 Å². The Morgan fingerprint density at radius 2 is 1.82 bits per heavy atom. The van der Waals surface area contributed by atoms with E-state index in [1.165, 1.54) is 0 Å². The molecule has 0 saturated carbocycles. The normalized spacial score (nSPS) is 23.2. The number of aliphatic carboxylic acids is 1. The van der Waals surface area contributed by atoms with Crippen molar-refractivity contribution in [3.8, 4) is 0 Å². The average molecular weight is 242 g/mol. The van der Waals surface area contributed by atoms with Crippen LogP contribution >= 0.6 is 0 Å². The molecule has 0 radical (unpaired) electrons. The lowest BCUT2D eigenvalue weighted by molar-refractivity contribution is -0.137. The maximum atomic E-state index is 11.0. The highest BCUT2D eigenvalue weighted by atomic mass is 16.4. The third kappa shape index (κ3) is 5.56. The fraction of sp³-hybridized carbons (Fsp3) is 0.833. The molecule has 0 bridgehead atoms. The number of carbonyl (C=O) groups excluding carboxylic acids is 1. The number of carbonyl (C=O) groups is 2. The first-order valence-corrected chi connectivity index (χ1v) is 6.38. The van der Waals surface area contributed by atoms with Gasteiger partial charge in [-0.3, -0.25) is 4.79 Å². The molecule has 2 atom stereocenters. The van der Waals surface area contributed by atoms with Gasteiger partial charge in [-0.05, 0) is 19.8 Å². The summed E-state index contributed by atoms with van der Waals surface area (Å²) in [5.74, 6) is -0.710. The summed E-state index contributed by atoms with van der Waals surface area (Å²) in [6, 6.07) is 0.403. The lowest BCUT2D eigenvalue weighted by atomic mass is 10.0. The topological polar surface area (TPSA) is 78.4 Å². The zero-order valence-electron chi connectivity index (χ0n) is 10.4. The summed E-state index contributed by atoms with van der Waals surface area (Å²) in [5, 5.41) is 14.2. The first kappa shape index (κ1) is 13.8. The molecule has 1 aliphatic rings. The fourth-order valence-electron chi connectivity index (χ4n) is 2.14. The van der Waals surface area contributed by atoms with Gasteiger partial charge in [-0.2, -0.15) is 0 Å². The van der Waals surface area contributed by atoms with Crippen LogP contribution in [0.1, 0.15) is 51.9 Å². The minimum absolute atomic E-state index is 0.0658. The molecule has 98 valence electrons. The van der Waals surface area contributed by atoms with Crippen molar-refractivity contribution in [3.05, 3.63) is 0 Å². The molecule has 2 unspecified atom stereocenters. The molecule has 1 aliphatic heterocycles. The largest absolute Gasteiger partial charge is 0.481 e. The van der Waals surface area contributed by atoms with E-state index in [1.807, 2.05) is 6.92 Å². The number of carboxylic acid groups (broad SMARTS) is 1. The van der Waals surface area contributed by atoms with Crippen LogP contribution in [0.2, 0.25) is 0 Å². The molecule has 17 heavy (non-hydrogen) atoms. The van der Waals surface area contributed by atoms with Crippen molar-refractivity contribution in [2.75, 3.05) is 0 Å². The highest BCUT2D eigenvalue weighted by Gasteiger charge is 2.26. The minimum atomic E-state index is -0.710. The molecule has 0 spiro atoms. The summed E-state index contributed by atoms with van der Waals surface area (Å²) in [6.45, 7) is 2.01. The van der Waals surface area contributed by atoms with E-state index in [0.29, 0.717) is 0 Å². The maximum absolute atomic E-state index is 11.0. The molecular formula is C12H22N2O3. The lowest BCUT2D eigenvalue weighted by Crippen LogP contribution is -2.30. The summed E-state index contributed by atoms with van der Waals surface area (Å²) in [4.78, 5) is 21.3. The minimum Gasteiger partial charge on any atom is -0.481 e. The summed E-state index contributed by atoms with van der Waals surface area (Å²) < 4.78 is 0.